The molecule has 1 N–H and O–H groups in total. The number of hydrogen-bond donors (Lipinski definition) is 1. The molecule has 0 spiro atoms. The summed E-state index contributed by atoms with van der Waals surface area (Å²) in [5.74, 6) is 2.93. The van der Waals surface area contributed by atoms with Crippen molar-refractivity contribution in [3.8, 4) is 6.07 Å². The molecule has 11 heteroatoms. The van der Waals surface area contributed by atoms with Crippen LogP contribution in [0.3, 0.4) is 0 Å². The van der Waals surface area contributed by atoms with E-state index in [0.29, 0.717) is 29.6 Å². The summed E-state index contributed by atoms with van der Waals surface area (Å²) in [6.45, 7) is 25.7. The van der Waals surface area contributed by atoms with Gasteiger partial charge in [0.25, 0.3) is 16.6 Å². The van der Waals surface area contributed by atoms with Gasteiger partial charge in [-0.1, -0.05) is 167 Å². The summed E-state index contributed by atoms with van der Waals surface area (Å²) in [6.07, 6.45) is 6.54. The monoisotopic (exact) mass is 961 g/mol. The quantitative estimate of drug-likeness (QED) is 0.0812. The molecule has 4 saturated carbocycles. The van der Waals surface area contributed by atoms with Gasteiger partial charge in [-0.2, -0.15) is 5.26 Å². The van der Waals surface area contributed by atoms with Crippen LogP contribution in [-0.4, -0.2) is 59.7 Å². The summed E-state index contributed by atoms with van der Waals surface area (Å²) in [4.78, 5) is 0. The van der Waals surface area contributed by atoms with Crippen molar-refractivity contribution in [2.45, 2.75) is 147 Å². The first-order chi connectivity index (χ1) is 31.0. The number of fused-ring (bicyclic) bond motifs is 2. The normalized spacial score (nSPS) is 26.6. The molecule has 354 valence electrons. The van der Waals surface area contributed by atoms with Crippen molar-refractivity contribution < 1.29 is 18.0 Å². The molecule has 4 fully saturated rings. The largest absolute Gasteiger partial charge is 0.598 e. The van der Waals surface area contributed by atoms with E-state index < -0.39 is 39.4 Å². The summed E-state index contributed by atoms with van der Waals surface area (Å²) in [5.41, 5.74) is 0. The van der Waals surface area contributed by atoms with E-state index in [2.05, 4.69) is 178 Å². The first kappa shape index (κ1) is 50.8. The van der Waals surface area contributed by atoms with E-state index in [-0.39, 0.29) is 43.7 Å². The number of hydrogen-bond acceptors (Lipinski definition) is 7. The first-order valence-corrected chi connectivity index (χ1v) is 30.2. The fraction of sp³-hybridized carbons (Fsp3) is 0.527. The zero-order chi connectivity index (χ0) is 47.9. The molecule has 4 aromatic rings. The van der Waals surface area contributed by atoms with E-state index >= 15 is 0 Å². The minimum absolute atomic E-state index is 0.00690. The average molecular weight is 963 g/mol. The van der Waals surface area contributed by atoms with Crippen LogP contribution in [0.1, 0.15) is 109 Å². The van der Waals surface area contributed by atoms with E-state index in [1.807, 2.05) is 47.8 Å². The van der Waals surface area contributed by atoms with Gasteiger partial charge in [0.1, 0.15) is 26.9 Å². The van der Waals surface area contributed by atoms with Crippen molar-refractivity contribution in [1.82, 2.24) is 4.72 Å². The molecule has 0 bridgehead atoms. The second kappa shape index (κ2) is 19.8. The van der Waals surface area contributed by atoms with Crippen LogP contribution in [0.2, 0.25) is 10.1 Å². The molecule has 66 heavy (non-hydrogen) atoms. The highest BCUT2D eigenvalue weighted by atomic mass is 32.2. The van der Waals surface area contributed by atoms with Gasteiger partial charge in [0.15, 0.2) is 0 Å². The Labute approximate surface area is 405 Å². The molecule has 0 amide bonds. The second-order valence-electron chi connectivity index (χ2n) is 23.3. The number of nitrogens with zero attached hydrogens (tertiary/aromatic N) is 2. The lowest BCUT2D eigenvalue weighted by molar-refractivity contribution is 0.171. The van der Waals surface area contributed by atoms with Crippen LogP contribution in [0.5, 0.6) is 0 Å². The number of nitrogens with one attached hydrogen (secondary N) is 1. The minimum atomic E-state index is -2.56. The zero-order valence-electron chi connectivity index (χ0n) is 41.5. The Bertz CT molecular complexity index is 2170. The van der Waals surface area contributed by atoms with Crippen LogP contribution in [0.4, 0.5) is 0 Å². The molecule has 0 aromatic heterocycles. The lowest BCUT2D eigenvalue weighted by Gasteiger charge is -2.45. The SMILES string of the molecule is CC(C)(C)[S+]([O-])N=CC1[C@H]2CC(O[Si](c3ccccc3)(c3ccccc3)C(C)(C)C)C[C@@H]12.CC(C)(C)[S+]([O-])NC(C#N)C1[C@H]2CC(O[Si](c3ccccc3)(c3ccccc3)C(C)(C)C)C[C@@H]12. The highest BCUT2D eigenvalue weighted by molar-refractivity contribution is 7.91. The number of rotatable bonds is 13. The van der Waals surface area contributed by atoms with Crippen molar-refractivity contribution in [2.75, 3.05) is 0 Å². The van der Waals surface area contributed by atoms with Gasteiger partial charge in [0.2, 0.25) is 0 Å². The Hall–Kier alpha value is -3.03. The molecule has 4 aliphatic rings. The van der Waals surface area contributed by atoms with Crippen LogP contribution in [0.25, 0.3) is 0 Å². The highest BCUT2D eigenvalue weighted by Gasteiger charge is 2.63. The van der Waals surface area contributed by atoms with Crippen molar-refractivity contribution in [2.24, 2.45) is 39.9 Å². The zero-order valence-corrected chi connectivity index (χ0v) is 45.1. The van der Waals surface area contributed by atoms with Gasteiger partial charge in [-0.15, -0.1) is 4.72 Å². The van der Waals surface area contributed by atoms with E-state index in [9.17, 15) is 14.4 Å². The Morgan fingerprint density at radius 1 is 0.576 bits per heavy atom. The molecule has 7 nitrogen and oxygen atoms in total. The maximum absolute atomic E-state index is 12.6. The van der Waals surface area contributed by atoms with Crippen molar-refractivity contribution in [3.05, 3.63) is 121 Å². The molecule has 7 unspecified atom stereocenters. The van der Waals surface area contributed by atoms with Crippen LogP contribution in [0, 0.1) is 46.8 Å². The van der Waals surface area contributed by atoms with Gasteiger partial charge >= 0.3 is 0 Å². The molecule has 0 heterocycles. The molecular formula is C55H75N3O4S2Si2. The summed E-state index contributed by atoms with van der Waals surface area (Å²) < 4.78 is 46.3. The highest BCUT2D eigenvalue weighted by Crippen LogP contribution is 2.61. The van der Waals surface area contributed by atoms with Gasteiger partial charge in [0, 0.05) is 29.5 Å². The first-order valence-electron chi connectivity index (χ1n) is 24.1. The predicted octanol–water partition coefficient (Wildman–Crippen LogP) is 9.65. The molecule has 8 rings (SSSR count). The molecule has 4 aromatic carbocycles. The third-order valence-corrected chi connectivity index (χ3v) is 27.7. The van der Waals surface area contributed by atoms with Gasteiger partial charge < -0.3 is 18.0 Å². The Morgan fingerprint density at radius 2 is 0.909 bits per heavy atom. The maximum atomic E-state index is 12.6. The topological polar surface area (TPSA) is 113 Å². The molecule has 11 atom stereocenters. The van der Waals surface area contributed by atoms with Crippen LogP contribution < -0.4 is 25.5 Å². The van der Waals surface area contributed by atoms with Gasteiger partial charge in [-0.3, -0.25) is 0 Å². The van der Waals surface area contributed by atoms with E-state index in [1.165, 1.54) is 20.7 Å². The van der Waals surface area contributed by atoms with Gasteiger partial charge in [-0.25, -0.2) is 0 Å². The third-order valence-electron chi connectivity index (χ3n) is 14.6. The standard InChI is InChI=1S/C28H38N2O2SSi.C27H37NO2SSi/c1-27(2,3)33(31)30-25(19-29)26-23-17-20(18-24(23)26)32-34(28(4,5)6,21-13-9-7-10-14-21)22-15-11-8-12-16-22;1-26(2,3)31(29)28-19-25-23-17-20(18-24(23)25)30-32(27(4,5)6,21-13-9-7-10-14-21)22-15-11-8-12-16-22/h7-16,20,23-26,30H,17-18H2,1-6H3;7-16,19-20,23-25H,17-18H2,1-6H3/t20?,23-,24+,25?,26?,33?;20?,23-,24+,25?,31?. The molecule has 0 saturated heterocycles. The average Bonchev–Trinajstić information content (AvgIpc) is 3.96. The molecule has 0 radical (unpaired) electrons. The molecular weight excluding hydrogens is 887 g/mol. The van der Waals surface area contributed by atoms with Crippen molar-refractivity contribution >= 4 is 66.3 Å². The Balaban J connectivity index is 0.000000197. The predicted molar refractivity (Wildman–Crippen MR) is 281 cm³/mol. The summed E-state index contributed by atoms with van der Waals surface area (Å²) in [5, 5.41) is 15.1. The van der Waals surface area contributed by atoms with Crippen molar-refractivity contribution in [1.29, 1.82) is 5.26 Å². The van der Waals surface area contributed by atoms with Crippen LogP contribution in [-0.2, 0) is 31.6 Å². The lowest BCUT2D eigenvalue weighted by Crippen LogP contribution is -2.67. The van der Waals surface area contributed by atoms with E-state index in [0.717, 1.165) is 25.7 Å². The fourth-order valence-electron chi connectivity index (χ4n) is 11.2. The van der Waals surface area contributed by atoms with Crippen LogP contribution in [0.15, 0.2) is 126 Å². The third kappa shape index (κ3) is 10.6. The fourth-order valence-corrected chi connectivity index (χ4v) is 22.0. The number of nitriles is 1. The summed E-state index contributed by atoms with van der Waals surface area (Å²) >= 11 is -2.41. The summed E-state index contributed by atoms with van der Waals surface area (Å²) in [6, 6.07) is 45.4. The Morgan fingerprint density at radius 3 is 1.20 bits per heavy atom. The molecule has 0 aliphatic heterocycles. The summed E-state index contributed by atoms with van der Waals surface area (Å²) in [7, 11) is -5.05. The minimum Gasteiger partial charge on any atom is -0.598 e. The van der Waals surface area contributed by atoms with Crippen molar-refractivity contribution in [3.63, 3.8) is 0 Å². The maximum Gasteiger partial charge on any atom is 0.261 e. The number of benzene rings is 4. The van der Waals surface area contributed by atoms with E-state index in [1.54, 1.807) is 0 Å². The molecule has 4 aliphatic carbocycles. The lowest BCUT2D eigenvalue weighted by atomic mass is 10.0. The van der Waals surface area contributed by atoms with Gasteiger partial charge in [0.05, 0.1) is 12.3 Å². The smallest absolute Gasteiger partial charge is 0.261 e. The van der Waals surface area contributed by atoms with Gasteiger partial charge in [-0.05, 0) is 128 Å². The Kier molecular flexibility index (Phi) is 15.2. The van der Waals surface area contributed by atoms with E-state index in [4.69, 9.17) is 8.85 Å². The second-order valence-corrected chi connectivity index (χ2v) is 35.7. The van der Waals surface area contributed by atoms with Crippen LogP contribution >= 0.6 is 0 Å².